The van der Waals surface area contributed by atoms with Crippen LogP contribution in [0.1, 0.15) is 80.4 Å². The van der Waals surface area contributed by atoms with Gasteiger partial charge in [0.2, 0.25) is 5.82 Å². The van der Waals surface area contributed by atoms with Crippen LogP contribution < -0.4 is 9.80 Å². The third-order valence-electron chi connectivity index (χ3n) is 7.73. The number of aryl methyl sites for hydroxylation is 1. The van der Waals surface area contributed by atoms with Gasteiger partial charge in [0.1, 0.15) is 26.2 Å². The number of nitrogens with one attached hydrogen (secondary N) is 2. The fourth-order valence-electron chi connectivity index (χ4n) is 6.05. The summed E-state index contributed by atoms with van der Waals surface area (Å²) in [6, 6.07) is 10.7. The molecule has 5 rings (SSSR count). The molecular formula is C23H36N6+2. The summed E-state index contributed by atoms with van der Waals surface area (Å²) in [6.45, 7) is 7.16. The first-order valence-corrected chi connectivity index (χ1v) is 11.8. The van der Waals surface area contributed by atoms with Crippen LogP contribution in [0.5, 0.6) is 0 Å². The van der Waals surface area contributed by atoms with Crippen molar-refractivity contribution in [2.75, 3.05) is 26.2 Å². The average molecular weight is 397 g/mol. The number of quaternary nitrogens is 2. The fourth-order valence-corrected chi connectivity index (χ4v) is 6.05. The van der Waals surface area contributed by atoms with Gasteiger partial charge in [-0.05, 0) is 55.9 Å². The van der Waals surface area contributed by atoms with Crippen LogP contribution in [0.4, 0.5) is 0 Å². The molecule has 3 fully saturated rings. The molecule has 0 unspecified atom stereocenters. The minimum absolute atomic E-state index is 0.247. The second-order valence-corrected chi connectivity index (χ2v) is 9.56. The number of piperazine rings is 1. The maximum atomic E-state index is 4.61. The monoisotopic (exact) mass is 396 g/mol. The van der Waals surface area contributed by atoms with E-state index in [2.05, 4.69) is 51.4 Å². The Morgan fingerprint density at radius 3 is 2.24 bits per heavy atom. The Bertz CT molecular complexity index is 780. The van der Waals surface area contributed by atoms with Crippen LogP contribution in [0.15, 0.2) is 24.3 Å². The van der Waals surface area contributed by atoms with Crippen LogP contribution in [-0.2, 0) is 0 Å². The van der Waals surface area contributed by atoms with Crippen molar-refractivity contribution in [3.05, 3.63) is 41.2 Å². The van der Waals surface area contributed by atoms with Crippen molar-refractivity contribution in [1.29, 1.82) is 0 Å². The molecule has 2 saturated carbocycles. The smallest absolute Gasteiger partial charge is 0.214 e. The van der Waals surface area contributed by atoms with Crippen LogP contribution in [0.2, 0.25) is 0 Å². The Morgan fingerprint density at radius 2 is 1.55 bits per heavy atom. The molecule has 0 bridgehead atoms. The number of benzene rings is 1. The molecule has 2 aliphatic carbocycles. The Balaban J connectivity index is 1.41. The standard InChI is InChI=1S/C23H34N6/c1-18-10-12-19(13-11-18)22(23-24-25-26-29(23)21-8-4-5-9-21)28-16-14-27(15-17-28)20-6-2-3-7-20/h10-13,20-22H,2-9,14-17H2,1H3/p+2/t22-/m1/s1. The van der Waals surface area contributed by atoms with Gasteiger partial charge in [0.15, 0.2) is 6.04 Å². The van der Waals surface area contributed by atoms with Crippen molar-refractivity contribution < 1.29 is 9.80 Å². The molecule has 3 aliphatic rings. The van der Waals surface area contributed by atoms with E-state index < -0.39 is 0 Å². The predicted octanol–water partition coefficient (Wildman–Crippen LogP) is 0.912. The van der Waals surface area contributed by atoms with Crippen molar-refractivity contribution in [2.45, 2.75) is 76.4 Å². The fraction of sp³-hybridized carbons (Fsp3) is 0.696. The van der Waals surface area contributed by atoms with Crippen molar-refractivity contribution in [3.8, 4) is 0 Å². The quantitative estimate of drug-likeness (QED) is 0.790. The third kappa shape index (κ3) is 3.97. The highest BCUT2D eigenvalue weighted by Crippen LogP contribution is 2.31. The van der Waals surface area contributed by atoms with Gasteiger partial charge in [-0.1, -0.05) is 42.7 Å². The highest BCUT2D eigenvalue weighted by atomic mass is 15.6. The largest absolute Gasteiger partial charge is 0.323 e. The molecule has 29 heavy (non-hydrogen) atoms. The first kappa shape index (κ1) is 19.2. The van der Waals surface area contributed by atoms with E-state index in [1.807, 2.05) is 4.90 Å². The lowest BCUT2D eigenvalue weighted by molar-refractivity contribution is -1.03. The summed E-state index contributed by atoms with van der Waals surface area (Å²) in [4.78, 5) is 3.49. The number of tetrazole rings is 1. The number of aromatic nitrogens is 4. The van der Waals surface area contributed by atoms with E-state index in [0.29, 0.717) is 6.04 Å². The number of rotatable bonds is 5. The molecule has 2 aromatic rings. The Kier molecular flexibility index (Phi) is 5.64. The lowest BCUT2D eigenvalue weighted by atomic mass is 10.0. The summed E-state index contributed by atoms with van der Waals surface area (Å²) in [5.41, 5.74) is 2.68. The lowest BCUT2D eigenvalue weighted by Crippen LogP contribution is -3.29. The topological polar surface area (TPSA) is 52.5 Å². The summed E-state index contributed by atoms with van der Waals surface area (Å²) >= 11 is 0. The predicted molar refractivity (Wildman–Crippen MR) is 112 cm³/mol. The first-order valence-electron chi connectivity index (χ1n) is 11.8. The first-order chi connectivity index (χ1) is 14.3. The van der Waals surface area contributed by atoms with Crippen LogP contribution in [0.3, 0.4) is 0 Å². The van der Waals surface area contributed by atoms with E-state index in [1.165, 1.54) is 88.7 Å². The van der Waals surface area contributed by atoms with Crippen LogP contribution in [0.25, 0.3) is 0 Å². The summed E-state index contributed by atoms with van der Waals surface area (Å²) in [5, 5.41) is 13.2. The van der Waals surface area contributed by atoms with E-state index >= 15 is 0 Å². The molecule has 1 aromatic carbocycles. The molecule has 6 nitrogen and oxygen atoms in total. The zero-order chi connectivity index (χ0) is 19.6. The van der Waals surface area contributed by atoms with Gasteiger partial charge in [-0.25, -0.2) is 4.68 Å². The number of nitrogens with zero attached hydrogens (tertiary/aromatic N) is 4. The van der Waals surface area contributed by atoms with Gasteiger partial charge in [-0.2, -0.15) is 0 Å². The lowest BCUT2D eigenvalue weighted by Gasteiger charge is -2.36. The summed E-state index contributed by atoms with van der Waals surface area (Å²) in [7, 11) is 0. The van der Waals surface area contributed by atoms with Crippen molar-refractivity contribution in [1.82, 2.24) is 20.2 Å². The van der Waals surface area contributed by atoms with Gasteiger partial charge in [-0.3, -0.25) is 0 Å². The Labute approximate surface area is 174 Å². The molecule has 1 aromatic heterocycles. The Hall–Kier alpha value is -1.79. The molecule has 1 atom stereocenters. The van der Waals surface area contributed by atoms with Crippen molar-refractivity contribution in [2.24, 2.45) is 0 Å². The minimum atomic E-state index is 0.247. The molecule has 0 amide bonds. The SMILES string of the molecule is Cc1ccc([C@H](c2nnnn2C2CCCC2)[NH+]2CC[NH+](C3CCCC3)CC2)cc1. The van der Waals surface area contributed by atoms with E-state index in [4.69, 9.17) is 0 Å². The van der Waals surface area contributed by atoms with Gasteiger partial charge in [0.25, 0.3) is 0 Å². The number of hydrogen-bond acceptors (Lipinski definition) is 3. The molecule has 1 saturated heterocycles. The van der Waals surface area contributed by atoms with E-state index in [9.17, 15) is 0 Å². The molecule has 2 heterocycles. The van der Waals surface area contributed by atoms with E-state index in [-0.39, 0.29) is 6.04 Å². The van der Waals surface area contributed by atoms with Crippen LogP contribution in [-0.4, -0.2) is 52.4 Å². The number of hydrogen-bond donors (Lipinski definition) is 2. The van der Waals surface area contributed by atoms with Crippen molar-refractivity contribution in [3.63, 3.8) is 0 Å². The molecule has 6 heteroatoms. The maximum absolute atomic E-state index is 4.61. The normalized spacial score (nSPS) is 27.5. The van der Waals surface area contributed by atoms with E-state index in [1.54, 1.807) is 4.90 Å². The third-order valence-corrected chi connectivity index (χ3v) is 7.73. The molecule has 0 radical (unpaired) electrons. The van der Waals surface area contributed by atoms with Crippen LogP contribution >= 0.6 is 0 Å². The van der Waals surface area contributed by atoms with Gasteiger partial charge < -0.3 is 9.80 Å². The second-order valence-electron chi connectivity index (χ2n) is 9.56. The van der Waals surface area contributed by atoms with Gasteiger partial charge in [-0.15, -0.1) is 5.10 Å². The highest BCUT2D eigenvalue weighted by Gasteiger charge is 2.39. The summed E-state index contributed by atoms with van der Waals surface area (Å²) in [6.07, 6.45) is 10.8. The zero-order valence-corrected chi connectivity index (χ0v) is 17.8. The van der Waals surface area contributed by atoms with Gasteiger partial charge in [0.05, 0.1) is 12.1 Å². The maximum Gasteiger partial charge on any atom is 0.214 e. The van der Waals surface area contributed by atoms with Gasteiger partial charge >= 0.3 is 0 Å². The Morgan fingerprint density at radius 1 is 0.897 bits per heavy atom. The molecule has 2 N–H and O–H groups in total. The van der Waals surface area contributed by atoms with Crippen molar-refractivity contribution >= 4 is 0 Å². The highest BCUT2D eigenvalue weighted by molar-refractivity contribution is 5.26. The molecular weight excluding hydrogens is 360 g/mol. The molecule has 0 spiro atoms. The second kappa shape index (κ2) is 8.52. The zero-order valence-electron chi connectivity index (χ0n) is 17.8. The van der Waals surface area contributed by atoms with E-state index in [0.717, 1.165) is 11.9 Å². The molecule has 156 valence electrons. The molecule has 1 aliphatic heterocycles. The van der Waals surface area contributed by atoms with Crippen LogP contribution in [0, 0.1) is 6.92 Å². The minimum Gasteiger partial charge on any atom is -0.323 e. The summed E-state index contributed by atoms with van der Waals surface area (Å²) < 4.78 is 2.18. The van der Waals surface area contributed by atoms with Gasteiger partial charge in [0, 0.05) is 5.56 Å². The average Bonchev–Trinajstić information content (AvgIpc) is 3.52. The summed E-state index contributed by atoms with van der Waals surface area (Å²) in [5.74, 6) is 1.08.